The van der Waals surface area contributed by atoms with Crippen LogP contribution in [-0.2, 0) is 6.42 Å². The van der Waals surface area contributed by atoms with Crippen molar-refractivity contribution in [1.29, 1.82) is 0 Å². The second kappa shape index (κ2) is 6.83. The normalized spacial score (nSPS) is 26.2. The summed E-state index contributed by atoms with van der Waals surface area (Å²) in [6.45, 7) is 5.48. The van der Waals surface area contributed by atoms with Gasteiger partial charge >= 0.3 is 0 Å². The Morgan fingerprint density at radius 1 is 1.19 bits per heavy atom. The molecule has 0 amide bonds. The molecule has 0 radical (unpaired) electrons. The van der Waals surface area contributed by atoms with Crippen LogP contribution in [0.1, 0.15) is 69.5 Å². The maximum absolute atomic E-state index is 5.62. The lowest BCUT2D eigenvalue weighted by Crippen LogP contribution is -2.35. The number of nitrogens with one attached hydrogen (secondary N) is 1. The van der Waals surface area contributed by atoms with Gasteiger partial charge in [0, 0.05) is 18.5 Å². The number of rotatable bonds is 5. The van der Waals surface area contributed by atoms with Gasteiger partial charge < -0.3 is 10.1 Å². The summed E-state index contributed by atoms with van der Waals surface area (Å²) >= 11 is 0. The fourth-order valence-corrected chi connectivity index (χ4v) is 3.89. The van der Waals surface area contributed by atoms with E-state index in [1.165, 1.54) is 43.2 Å². The lowest BCUT2D eigenvalue weighted by Gasteiger charge is -2.32. The Morgan fingerprint density at radius 2 is 2.00 bits per heavy atom. The SMILES string of the molecule is CCC1CCC(NC(CC)c2ccc3c(c2)CCO3)CC1. The number of benzene rings is 1. The molecule has 1 aromatic rings. The Bertz CT molecular complexity index is 463. The molecule has 1 saturated carbocycles. The first-order chi connectivity index (χ1) is 10.3. The van der Waals surface area contributed by atoms with Gasteiger partial charge in [-0.2, -0.15) is 0 Å². The molecule has 1 aliphatic heterocycles. The maximum Gasteiger partial charge on any atom is 0.122 e. The van der Waals surface area contributed by atoms with Crippen molar-refractivity contribution in [1.82, 2.24) is 5.32 Å². The van der Waals surface area contributed by atoms with Gasteiger partial charge in [-0.3, -0.25) is 0 Å². The molecule has 0 aromatic heterocycles. The Morgan fingerprint density at radius 3 is 2.71 bits per heavy atom. The van der Waals surface area contributed by atoms with Gasteiger partial charge in [-0.25, -0.2) is 0 Å². The average molecular weight is 287 g/mol. The zero-order chi connectivity index (χ0) is 14.7. The molecule has 3 rings (SSSR count). The molecule has 0 saturated heterocycles. The first kappa shape index (κ1) is 14.9. The standard InChI is InChI=1S/C19H29NO/c1-3-14-5-8-17(9-6-14)20-18(4-2)15-7-10-19-16(13-15)11-12-21-19/h7,10,13-14,17-18,20H,3-6,8-9,11-12H2,1-2H3. The Kier molecular flexibility index (Phi) is 4.84. The predicted octanol–water partition coefficient (Wildman–Crippen LogP) is 4.63. The molecule has 2 nitrogen and oxygen atoms in total. The molecule has 0 bridgehead atoms. The number of hydrogen-bond donors (Lipinski definition) is 1. The molecule has 1 aromatic carbocycles. The van der Waals surface area contributed by atoms with Crippen molar-refractivity contribution < 1.29 is 4.74 Å². The summed E-state index contributed by atoms with van der Waals surface area (Å²) < 4.78 is 5.62. The van der Waals surface area contributed by atoms with Crippen LogP contribution in [0, 0.1) is 5.92 Å². The molecule has 116 valence electrons. The summed E-state index contributed by atoms with van der Waals surface area (Å²) in [5.74, 6) is 2.07. The van der Waals surface area contributed by atoms with Crippen molar-refractivity contribution in [3.05, 3.63) is 29.3 Å². The van der Waals surface area contributed by atoms with Gasteiger partial charge in [0.25, 0.3) is 0 Å². The van der Waals surface area contributed by atoms with Gasteiger partial charge in [0.2, 0.25) is 0 Å². The third-order valence-corrected chi connectivity index (χ3v) is 5.39. The number of hydrogen-bond acceptors (Lipinski definition) is 2. The molecule has 2 aliphatic rings. The van der Waals surface area contributed by atoms with E-state index in [1.807, 2.05) is 0 Å². The lowest BCUT2D eigenvalue weighted by atomic mass is 9.84. The van der Waals surface area contributed by atoms with Gasteiger partial charge in [0.1, 0.15) is 5.75 Å². The minimum absolute atomic E-state index is 0.499. The highest BCUT2D eigenvalue weighted by molar-refractivity contribution is 5.40. The van der Waals surface area contributed by atoms with Crippen molar-refractivity contribution in [2.24, 2.45) is 5.92 Å². The van der Waals surface area contributed by atoms with E-state index in [9.17, 15) is 0 Å². The van der Waals surface area contributed by atoms with Crippen molar-refractivity contribution in [2.45, 2.75) is 70.9 Å². The van der Waals surface area contributed by atoms with Gasteiger partial charge in [0.05, 0.1) is 6.61 Å². The molecule has 0 spiro atoms. The highest BCUT2D eigenvalue weighted by atomic mass is 16.5. The fraction of sp³-hybridized carbons (Fsp3) is 0.684. The van der Waals surface area contributed by atoms with E-state index >= 15 is 0 Å². The summed E-state index contributed by atoms with van der Waals surface area (Å²) in [4.78, 5) is 0. The molecular weight excluding hydrogens is 258 g/mol. The Labute approximate surface area is 129 Å². The second-order valence-corrected chi connectivity index (χ2v) is 6.72. The predicted molar refractivity (Wildman–Crippen MR) is 87.8 cm³/mol. The van der Waals surface area contributed by atoms with E-state index in [1.54, 1.807) is 0 Å². The maximum atomic E-state index is 5.62. The van der Waals surface area contributed by atoms with E-state index in [0.29, 0.717) is 12.1 Å². The summed E-state index contributed by atoms with van der Waals surface area (Å²) in [5, 5.41) is 3.92. The molecule has 2 heteroatoms. The Balaban J connectivity index is 1.63. The first-order valence-electron chi connectivity index (χ1n) is 8.81. The molecule has 1 fully saturated rings. The third kappa shape index (κ3) is 3.42. The summed E-state index contributed by atoms with van der Waals surface area (Å²) in [7, 11) is 0. The van der Waals surface area contributed by atoms with Gasteiger partial charge in [0.15, 0.2) is 0 Å². The van der Waals surface area contributed by atoms with E-state index in [2.05, 4.69) is 37.4 Å². The quantitative estimate of drug-likeness (QED) is 0.852. The van der Waals surface area contributed by atoms with Crippen LogP contribution in [-0.4, -0.2) is 12.6 Å². The fourth-order valence-electron chi connectivity index (χ4n) is 3.89. The van der Waals surface area contributed by atoms with Crippen molar-refractivity contribution >= 4 is 0 Å². The minimum Gasteiger partial charge on any atom is -0.493 e. The molecule has 1 aliphatic carbocycles. The highest BCUT2D eigenvalue weighted by Gasteiger charge is 2.23. The lowest BCUT2D eigenvalue weighted by molar-refractivity contribution is 0.267. The Hall–Kier alpha value is -1.02. The van der Waals surface area contributed by atoms with Crippen LogP contribution in [0.15, 0.2) is 18.2 Å². The highest BCUT2D eigenvalue weighted by Crippen LogP contribution is 2.31. The van der Waals surface area contributed by atoms with Crippen molar-refractivity contribution in [2.75, 3.05) is 6.61 Å². The van der Waals surface area contributed by atoms with Crippen molar-refractivity contribution in [3.8, 4) is 5.75 Å². The van der Waals surface area contributed by atoms with Crippen LogP contribution < -0.4 is 10.1 Å². The average Bonchev–Trinajstić information content (AvgIpc) is 3.00. The number of fused-ring (bicyclic) bond motifs is 1. The van der Waals surface area contributed by atoms with Crippen molar-refractivity contribution in [3.63, 3.8) is 0 Å². The van der Waals surface area contributed by atoms with Crippen LogP contribution in [0.2, 0.25) is 0 Å². The van der Waals surface area contributed by atoms with Gasteiger partial charge in [-0.05, 0) is 55.2 Å². The van der Waals surface area contributed by atoms with E-state index < -0.39 is 0 Å². The summed E-state index contributed by atoms with van der Waals surface area (Å²) in [5.41, 5.74) is 2.84. The van der Waals surface area contributed by atoms with Crippen LogP contribution in [0.3, 0.4) is 0 Å². The molecule has 1 unspecified atom stereocenters. The smallest absolute Gasteiger partial charge is 0.122 e. The van der Waals surface area contributed by atoms with Crippen LogP contribution >= 0.6 is 0 Å². The van der Waals surface area contributed by atoms with E-state index in [0.717, 1.165) is 31.1 Å². The van der Waals surface area contributed by atoms with Crippen LogP contribution in [0.4, 0.5) is 0 Å². The molecule has 1 N–H and O–H groups in total. The summed E-state index contributed by atoms with van der Waals surface area (Å²) in [6.07, 6.45) is 9.10. The van der Waals surface area contributed by atoms with E-state index in [4.69, 9.17) is 4.74 Å². The zero-order valence-corrected chi connectivity index (χ0v) is 13.5. The third-order valence-electron chi connectivity index (χ3n) is 5.39. The summed E-state index contributed by atoms with van der Waals surface area (Å²) in [6, 6.07) is 7.99. The minimum atomic E-state index is 0.499. The number of ether oxygens (including phenoxy) is 1. The van der Waals surface area contributed by atoms with Gasteiger partial charge in [-0.15, -0.1) is 0 Å². The molecule has 21 heavy (non-hydrogen) atoms. The monoisotopic (exact) mass is 287 g/mol. The van der Waals surface area contributed by atoms with Crippen LogP contribution in [0.5, 0.6) is 5.75 Å². The van der Waals surface area contributed by atoms with Crippen LogP contribution in [0.25, 0.3) is 0 Å². The molecule has 1 atom stereocenters. The zero-order valence-electron chi connectivity index (χ0n) is 13.5. The second-order valence-electron chi connectivity index (χ2n) is 6.72. The topological polar surface area (TPSA) is 21.3 Å². The molecular formula is C19H29NO. The van der Waals surface area contributed by atoms with E-state index in [-0.39, 0.29) is 0 Å². The largest absolute Gasteiger partial charge is 0.493 e. The van der Waals surface area contributed by atoms with Gasteiger partial charge in [-0.1, -0.05) is 32.4 Å². The first-order valence-corrected chi connectivity index (χ1v) is 8.81. The molecule has 1 heterocycles.